The number of aromatic hydroxyl groups is 1. The molecular formula is C19H21NO8S3. The second-order valence-corrected chi connectivity index (χ2v) is 11.2. The van der Waals surface area contributed by atoms with Crippen molar-refractivity contribution in [3.05, 3.63) is 48.5 Å². The Bertz CT molecular complexity index is 1130. The van der Waals surface area contributed by atoms with Crippen molar-refractivity contribution in [2.45, 2.75) is 22.3 Å². The van der Waals surface area contributed by atoms with E-state index in [1.165, 1.54) is 67.4 Å². The van der Waals surface area contributed by atoms with Crippen molar-refractivity contribution in [1.29, 1.82) is 0 Å². The fraction of sp³-hybridized carbons (Fsp3) is 0.316. The molecule has 0 radical (unpaired) electrons. The van der Waals surface area contributed by atoms with Gasteiger partial charge in [-0.25, -0.2) is 8.42 Å². The van der Waals surface area contributed by atoms with E-state index in [4.69, 9.17) is 8.92 Å². The average molecular weight is 488 g/mol. The molecule has 0 saturated carbocycles. The molecule has 1 saturated heterocycles. The highest BCUT2D eigenvalue weighted by atomic mass is 32.2. The molecule has 2 aromatic rings. The monoisotopic (exact) mass is 487 g/mol. The average Bonchev–Trinajstić information content (AvgIpc) is 3.00. The summed E-state index contributed by atoms with van der Waals surface area (Å²) in [5, 5.41) is 9.29. The molecule has 0 aliphatic carbocycles. The van der Waals surface area contributed by atoms with Crippen molar-refractivity contribution in [2.24, 2.45) is 0 Å². The molecule has 168 valence electrons. The molecule has 3 rings (SSSR count). The van der Waals surface area contributed by atoms with Crippen molar-refractivity contribution >= 4 is 37.9 Å². The predicted octanol–water partition coefficient (Wildman–Crippen LogP) is 1.83. The minimum absolute atomic E-state index is 0.0806. The number of ether oxygens (including phenoxy) is 1. The van der Waals surface area contributed by atoms with Gasteiger partial charge in [0.1, 0.15) is 22.4 Å². The van der Waals surface area contributed by atoms with E-state index in [2.05, 4.69) is 0 Å². The molecule has 0 aromatic heterocycles. The van der Waals surface area contributed by atoms with Gasteiger partial charge in [-0.05, 0) is 60.7 Å². The van der Waals surface area contributed by atoms with Crippen molar-refractivity contribution < 1.29 is 35.7 Å². The first-order valence-corrected chi connectivity index (χ1v) is 13.2. The van der Waals surface area contributed by atoms with Crippen LogP contribution in [0, 0.1) is 0 Å². The zero-order valence-electron chi connectivity index (χ0n) is 16.5. The normalized spacial score (nSPS) is 18.2. The number of thioether (sulfide) groups is 1. The van der Waals surface area contributed by atoms with Crippen LogP contribution in [0.3, 0.4) is 0 Å². The number of esters is 1. The quantitative estimate of drug-likeness (QED) is 0.479. The van der Waals surface area contributed by atoms with Gasteiger partial charge in [-0.3, -0.25) is 4.79 Å². The number of sulfonamides is 1. The van der Waals surface area contributed by atoms with Crippen LogP contribution in [0.2, 0.25) is 0 Å². The third-order valence-electron chi connectivity index (χ3n) is 4.53. The lowest BCUT2D eigenvalue weighted by Crippen LogP contribution is -2.46. The Morgan fingerprint density at radius 2 is 1.65 bits per heavy atom. The van der Waals surface area contributed by atoms with Crippen LogP contribution < -0.4 is 4.18 Å². The predicted molar refractivity (Wildman–Crippen MR) is 114 cm³/mol. The van der Waals surface area contributed by atoms with Gasteiger partial charge >= 0.3 is 16.1 Å². The Labute approximate surface area is 185 Å². The number of methoxy groups -OCH3 is 1. The summed E-state index contributed by atoms with van der Waals surface area (Å²) in [7, 11) is -6.97. The molecule has 1 N–H and O–H groups in total. The van der Waals surface area contributed by atoms with Gasteiger partial charge in [0.15, 0.2) is 0 Å². The maximum absolute atomic E-state index is 13.1. The first-order valence-electron chi connectivity index (χ1n) is 9.16. The molecule has 2 aromatic carbocycles. The van der Waals surface area contributed by atoms with Gasteiger partial charge in [0.05, 0.1) is 12.0 Å². The third-order valence-corrected chi connectivity index (χ3v) is 8.84. The highest BCUT2D eigenvalue weighted by molar-refractivity contribution is 7.99. The third kappa shape index (κ3) is 5.32. The van der Waals surface area contributed by atoms with E-state index in [0.717, 1.165) is 10.1 Å². The fourth-order valence-corrected chi connectivity index (χ4v) is 6.64. The summed E-state index contributed by atoms with van der Waals surface area (Å²) in [6.07, 6.45) is 0.587. The fourth-order valence-electron chi connectivity index (χ4n) is 2.96. The maximum Gasteiger partial charge on any atom is 0.339 e. The van der Waals surface area contributed by atoms with Crippen LogP contribution in [0.25, 0.3) is 0 Å². The van der Waals surface area contributed by atoms with Gasteiger partial charge in [-0.1, -0.05) is 0 Å². The molecule has 0 spiro atoms. The van der Waals surface area contributed by atoms with Crippen LogP contribution in [0.4, 0.5) is 0 Å². The molecule has 1 aliphatic rings. The molecule has 1 fully saturated rings. The van der Waals surface area contributed by atoms with Crippen LogP contribution >= 0.6 is 11.8 Å². The van der Waals surface area contributed by atoms with E-state index in [-0.39, 0.29) is 33.6 Å². The SMILES string of the molecule is COC(=O)[C@H]1CSCCCN1S(=O)(=O)c1ccc(OS(=O)(=O)c2ccc(O)cc2)cc1. The number of hydrogen-bond acceptors (Lipinski definition) is 9. The van der Waals surface area contributed by atoms with Crippen molar-refractivity contribution in [3.8, 4) is 11.5 Å². The smallest absolute Gasteiger partial charge is 0.339 e. The Morgan fingerprint density at radius 3 is 2.26 bits per heavy atom. The summed E-state index contributed by atoms with van der Waals surface area (Å²) in [6, 6.07) is 8.77. The van der Waals surface area contributed by atoms with Crippen molar-refractivity contribution in [2.75, 3.05) is 25.2 Å². The number of carbonyl (C=O) groups excluding carboxylic acids is 1. The lowest BCUT2D eigenvalue weighted by molar-refractivity contribution is -0.144. The topological polar surface area (TPSA) is 127 Å². The molecule has 31 heavy (non-hydrogen) atoms. The maximum atomic E-state index is 13.1. The highest BCUT2D eigenvalue weighted by Crippen LogP contribution is 2.27. The summed E-state index contributed by atoms with van der Waals surface area (Å²) in [5.74, 6) is 0.214. The summed E-state index contributed by atoms with van der Waals surface area (Å²) in [5.41, 5.74) is 0. The molecule has 9 nitrogen and oxygen atoms in total. The Balaban J connectivity index is 1.84. The number of phenols is 1. The molecule has 0 unspecified atom stereocenters. The van der Waals surface area contributed by atoms with Crippen LogP contribution in [0.15, 0.2) is 58.3 Å². The van der Waals surface area contributed by atoms with E-state index in [1.54, 1.807) is 0 Å². The molecule has 1 atom stereocenters. The highest BCUT2D eigenvalue weighted by Gasteiger charge is 2.37. The molecular weight excluding hydrogens is 466 g/mol. The second kappa shape index (κ2) is 9.47. The Morgan fingerprint density at radius 1 is 1.03 bits per heavy atom. The number of hydrogen-bond donors (Lipinski definition) is 1. The number of phenolic OH excluding ortho intramolecular Hbond substituents is 1. The second-order valence-electron chi connectivity index (χ2n) is 6.59. The van der Waals surface area contributed by atoms with Crippen molar-refractivity contribution in [3.63, 3.8) is 0 Å². The zero-order chi connectivity index (χ0) is 22.6. The zero-order valence-corrected chi connectivity index (χ0v) is 19.0. The molecule has 0 amide bonds. The van der Waals surface area contributed by atoms with Crippen LogP contribution in [-0.4, -0.2) is 63.4 Å². The van der Waals surface area contributed by atoms with Crippen LogP contribution in [0.1, 0.15) is 6.42 Å². The first-order chi connectivity index (χ1) is 14.6. The molecule has 1 aliphatic heterocycles. The number of benzene rings is 2. The lowest BCUT2D eigenvalue weighted by Gasteiger charge is -2.26. The van der Waals surface area contributed by atoms with Crippen LogP contribution in [0.5, 0.6) is 11.5 Å². The summed E-state index contributed by atoms with van der Waals surface area (Å²) >= 11 is 1.48. The summed E-state index contributed by atoms with van der Waals surface area (Å²) < 4.78 is 61.9. The number of rotatable bonds is 6. The van der Waals surface area contributed by atoms with E-state index in [9.17, 15) is 26.7 Å². The van der Waals surface area contributed by atoms with Gasteiger partial charge in [0, 0.05) is 12.3 Å². The first kappa shape index (κ1) is 23.4. The minimum atomic E-state index is -4.16. The minimum Gasteiger partial charge on any atom is -0.508 e. The van der Waals surface area contributed by atoms with E-state index in [0.29, 0.717) is 6.42 Å². The van der Waals surface area contributed by atoms with E-state index in [1.807, 2.05) is 0 Å². The van der Waals surface area contributed by atoms with E-state index >= 15 is 0 Å². The van der Waals surface area contributed by atoms with Gasteiger partial charge < -0.3 is 14.0 Å². The van der Waals surface area contributed by atoms with Crippen molar-refractivity contribution in [1.82, 2.24) is 4.31 Å². The van der Waals surface area contributed by atoms with Gasteiger partial charge in [-0.15, -0.1) is 0 Å². The Kier molecular flexibility index (Phi) is 7.14. The summed E-state index contributed by atoms with van der Waals surface area (Å²) in [4.78, 5) is 11.9. The molecule has 1 heterocycles. The standard InChI is InChI=1S/C19H21NO8S3/c1-27-19(22)18-13-29-12-2-11-20(18)30(23,24)16-9-5-15(6-10-16)28-31(25,26)17-7-3-14(21)4-8-17/h3-10,18,21H,2,11-13H2,1H3/t18-/m1/s1. The molecule has 12 heteroatoms. The van der Waals surface area contributed by atoms with Crippen LogP contribution in [-0.2, 0) is 29.7 Å². The Hall–Kier alpha value is -2.28. The van der Waals surface area contributed by atoms with Gasteiger partial charge in [0.25, 0.3) is 0 Å². The summed E-state index contributed by atoms with van der Waals surface area (Å²) in [6.45, 7) is 0.169. The lowest BCUT2D eigenvalue weighted by atomic mass is 10.3. The van der Waals surface area contributed by atoms with Gasteiger partial charge in [-0.2, -0.15) is 24.5 Å². The molecule has 0 bridgehead atoms. The van der Waals surface area contributed by atoms with Gasteiger partial charge in [0.2, 0.25) is 10.0 Å². The largest absolute Gasteiger partial charge is 0.508 e. The van der Waals surface area contributed by atoms with E-state index < -0.39 is 32.2 Å². The number of carbonyl (C=O) groups is 1. The number of nitrogens with zero attached hydrogens (tertiary/aromatic N) is 1.